The summed E-state index contributed by atoms with van der Waals surface area (Å²) in [6.45, 7) is 4.36. The molecule has 2 rings (SSSR count). The van der Waals surface area contributed by atoms with Crippen LogP contribution in [0.2, 0.25) is 5.02 Å². The minimum Gasteiger partial charge on any atom is -0.0843 e. The third-order valence-electron chi connectivity index (χ3n) is 2.58. The zero-order valence-corrected chi connectivity index (χ0v) is 8.73. The van der Waals surface area contributed by atoms with Crippen molar-refractivity contribution in [1.82, 2.24) is 0 Å². The molecule has 0 spiro atoms. The summed E-state index contributed by atoms with van der Waals surface area (Å²) < 4.78 is 0. The van der Waals surface area contributed by atoms with E-state index in [-0.39, 0.29) is 0 Å². The number of hydrogen-bond acceptors (Lipinski definition) is 0. The Labute approximate surface area is 84.2 Å². The van der Waals surface area contributed by atoms with Crippen LogP contribution < -0.4 is 0 Å². The van der Waals surface area contributed by atoms with Gasteiger partial charge in [0.15, 0.2) is 0 Å². The van der Waals surface area contributed by atoms with Crippen LogP contribution in [-0.2, 0) is 0 Å². The topological polar surface area (TPSA) is 0 Å². The molecule has 1 fully saturated rings. The van der Waals surface area contributed by atoms with Gasteiger partial charge >= 0.3 is 0 Å². The van der Waals surface area contributed by atoms with E-state index in [0.29, 0.717) is 5.92 Å². The molecule has 0 N–H and O–H groups in total. The SMILES string of the molecule is CC(C)=C1CC1c1cccc(Cl)c1. The van der Waals surface area contributed by atoms with Crippen molar-refractivity contribution in [1.29, 1.82) is 0 Å². The predicted molar refractivity (Wildman–Crippen MR) is 57.2 cm³/mol. The van der Waals surface area contributed by atoms with Gasteiger partial charge in [0.2, 0.25) is 0 Å². The van der Waals surface area contributed by atoms with Gasteiger partial charge in [0.05, 0.1) is 0 Å². The maximum absolute atomic E-state index is 5.93. The minimum absolute atomic E-state index is 0.656. The summed E-state index contributed by atoms with van der Waals surface area (Å²) in [5.41, 5.74) is 4.41. The summed E-state index contributed by atoms with van der Waals surface area (Å²) in [6.07, 6.45) is 1.22. The molecule has 1 aliphatic carbocycles. The van der Waals surface area contributed by atoms with Crippen molar-refractivity contribution >= 4 is 11.6 Å². The number of allylic oxidation sites excluding steroid dienone is 2. The van der Waals surface area contributed by atoms with Crippen molar-refractivity contribution in [3.05, 3.63) is 46.0 Å². The van der Waals surface area contributed by atoms with E-state index < -0.39 is 0 Å². The quantitative estimate of drug-likeness (QED) is 0.586. The fraction of sp³-hybridized carbons (Fsp3) is 0.333. The Morgan fingerprint density at radius 2 is 2.15 bits per heavy atom. The van der Waals surface area contributed by atoms with Crippen LogP contribution in [0, 0.1) is 0 Å². The second kappa shape index (κ2) is 3.19. The van der Waals surface area contributed by atoms with Crippen LogP contribution in [0.5, 0.6) is 0 Å². The molecule has 1 aromatic rings. The summed E-state index contributed by atoms with van der Waals surface area (Å²) in [4.78, 5) is 0. The Morgan fingerprint density at radius 3 is 2.69 bits per heavy atom. The van der Waals surface area contributed by atoms with E-state index in [1.807, 2.05) is 12.1 Å². The lowest BCUT2D eigenvalue weighted by molar-refractivity contribution is 1.15. The summed E-state index contributed by atoms with van der Waals surface area (Å²) in [5, 5.41) is 0.845. The number of halogens is 1. The van der Waals surface area contributed by atoms with Crippen molar-refractivity contribution in [3.8, 4) is 0 Å². The molecule has 0 nitrogen and oxygen atoms in total. The van der Waals surface area contributed by atoms with E-state index in [1.165, 1.54) is 17.6 Å². The van der Waals surface area contributed by atoms with Gasteiger partial charge in [-0.05, 0) is 38.0 Å². The first-order chi connectivity index (χ1) is 6.18. The molecule has 1 aliphatic rings. The molecule has 0 amide bonds. The molecule has 13 heavy (non-hydrogen) atoms. The number of benzene rings is 1. The maximum Gasteiger partial charge on any atom is 0.0408 e. The first-order valence-electron chi connectivity index (χ1n) is 4.60. The lowest BCUT2D eigenvalue weighted by Gasteiger charge is -1.97. The molecule has 1 aromatic carbocycles. The van der Waals surface area contributed by atoms with Gasteiger partial charge in [-0.2, -0.15) is 0 Å². The number of hydrogen-bond donors (Lipinski definition) is 0. The van der Waals surface area contributed by atoms with Crippen molar-refractivity contribution in [2.45, 2.75) is 26.2 Å². The lowest BCUT2D eigenvalue weighted by Crippen LogP contribution is -1.78. The average Bonchev–Trinajstić information content (AvgIpc) is 2.82. The fourth-order valence-electron chi connectivity index (χ4n) is 1.76. The standard InChI is InChI=1S/C12H13Cl/c1-8(2)11-7-12(11)9-4-3-5-10(13)6-9/h3-6,12H,7H2,1-2H3. The number of rotatable bonds is 1. The second-order valence-electron chi connectivity index (χ2n) is 3.84. The Kier molecular flexibility index (Phi) is 2.17. The molecular formula is C12H13Cl. The molecule has 0 heterocycles. The summed E-state index contributed by atoms with van der Waals surface area (Å²) in [7, 11) is 0. The van der Waals surface area contributed by atoms with Gasteiger partial charge in [0, 0.05) is 10.9 Å². The van der Waals surface area contributed by atoms with Crippen LogP contribution in [0.15, 0.2) is 35.4 Å². The minimum atomic E-state index is 0.656. The van der Waals surface area contributed by atoms with Crippen LogP contribution in [0.1, 0.15) is 31.7 Å². The van der Waals surface area contributed by atoms with E-state index in [2.05, 4.69) is 26.0 Å². The van der Waals surface area contributed by atoms with Crippen molar-refractivity contribution in [2.24, 2.45) is 0 Å². The zero-order valence-electron chi connectivity index (χ0n) is 7.97. The Balaban J connectivity index is 2.26. The Bertz CT molecular complexity index is 359. The molecule has 0 bridgehead atoms. The largest absolute Gasteiger partial charge is 0.0843 e. The van der Waals surface area contributed by atoms with Gasteiger partial charge in [-0.3, -0.25) is 0 Å². The van der Waals surface area contributed by atoms with E-state index in [9.17, 15) is 0 Å². The normalized spacial score (nSPS) is 20.2. The molecule has 1 heteroatoms. The Hall–Kier alpha value is -0.750. The van der Waals surface area contributed by atoms with Gasteiger partial charge in [-0.15, -0.1) is 0 Å². The first-order valence-corrected chi connectivity index (χ1v) is 4.98. The molecule has 0 aliphatic heterocycles. The van der Waals surface area contributed by atoms with Crippen LogP contribution >= 0.6 is 11.6 Å². The summed E-state index contributed by atoms with van der Waals surface area (Å²) >= 11 is 5.93. The lowest BCUT2D eigenvalue weighted by atomic mass is 10.1. The van der Waals surface area contributed by atoms with Crippen LogP contribution in [0.4, 0.5) is 0 Å². The average molecular weight is 193 g/mol. The van der Waals surface area contributed by atoms with E-state index in [0.717, 1.165) is 5.02 Å². The van der Waals surface area contributed by atoms with Crippen molar-refractivity contribution in [3.63, 3.8) is 0 Å². The Morgan fingerprint density at radius 1 is 1.38 bits per heavy atom. The van der Waals surface area contributed by atoms with Gasteiger partial charge < -0.3 is 0 Å². The first kappa shape index (κ1) is 8.83. The highest BCUT2D eigenvalue weighted by molar-refractivity contribution is 6.30. The second-order valence-corrected chi connectivity index (χ2v) is 4.27. The van der Waals surface area contributed by atoms with Crippen LogP contribution in [-0.4, -0.2) is 0 Å². The molecule has 0 aromatic heterocycles. The highest BCUT2D eigenvalue weighted by Crippen LogP contribution is 2.48. The molecule has 1 saturated carbocycles. The maximum atomic E-state index is 5.93. The van der Waals surface area contributed by atoms with Crippen LogP contribution in [0.3, 0.4) is 0 Å². The summed E-state index contributed by atoms with van der Waals surface area (Å²) in [6, 6.07) is 8.18. The zero-order chi connectivity index (χ0) is 9.42. The van der Waals surface area contributed by atoms with Crippen molar-refractivity contribution in [2.75, 3.05) is 0 Å². The fourth-order valence-corrected chi connectivity index (χ4v) is 1.95. The predicted octanol–water partition coefficient (Wildman–Crippen LogP) is 4.16. The molecule has 1 atom stereocenters. The third-order valence-corrected chi connectivity index (χ3v) is 2.81. The smallest absolute Gasteiger partial charge is 0.0408 e. The van der Waals surface area contributed by atoms with E-state index in [1.54, 1.807) is 5.57 Å². The summed E-state index contributed by atoms with van der Waals surface area (Å²) in [5.74, 6) is 0.656. The van der Waals surface area contributed by atoms with Gasteiger partial charge in [-0.1, -0.05) is 34.9 Å². The molecule has 1 unspecified atom stereocenters. The molecule has 0 radical (unpaired) electrons. The highest BCUT2D eigenvalue weighted by Gasteiger charge is 2.31. The third kappa shape index (κ3) is 1.78. The van der Waals surface area contributed by atoms with E-state index >= 15 is 0 Å². The highest BCUT2D eigenvalue weighted by atomic mass is 35.5. The molecule has 0 saturated heterocycles. The monoisotopic (exact) mass is 192 g/mol. The van der Waals surface area contributed by atoms with E-state index in [4.69, 9.17) is 11.6 Å². The van der Waals surface area contributed by atoms with Crippen LogP contribution in [0.25, 0.3) is 0 Å². The van der Waals surface area contributed by atoms with Gasteiger partial charge in [-0.25, -0.2) is 0 Å². The van der Waals surface area contributed by atoms with Crippen molar-refractivity contribution < 1.29 is 0 Å². The van der Waals surface area contributed by atoms with Gasteiger partial charge in [0.1, 0.15) is 0 Å². The molecular weight excluding hydrogens is 180 g/mol. The molecule has 68 valence electrons. The van der Waals surface area contributed by atoms with Gasteiger partial charge in [0.25, 0.3) is 0 Å².